The average Bonchev–Trinajstić information content (AvgIpc) is 3.35. The van der Waals surface area contributed by atoms with E-state index in [9.17, 15) is 23.6 Å². The van der Waals surface area contributed by atoms with Crippen molar-refractivity contribution in [1.82, 2.24) is 9.80 Å². The minimum absolute atomic E-state index is 0.0205. The lowest BCUT2D eigenvalue weighted by atomic mass is 10.0. The van der Waals surface area contributed by atoms with Crippen LogP contribution in [0.15, 0.2) is 23.5 Å². The van der Waals surface area contributed by atoms with Crippen LogP contribution in [-0.2, 0) is 28.7 Å². The standard InChI is InChI=1S/C13H19NO3.C12H16FNO3/c1-4-11-8(2)5-13(17-11)14-7-9(3)10(15)6-12(14)16;1-3-10-8(13)4-12(17-10)14-6-7(2)9(15)5-11(14)16/h7-8,11,13H,4-6H2,1-3H3;6,8,10,12H,3-5H2,1-2H3/t8?,11-,13-;8?,10-,12-/m11/s1/i;13-1. The molecule has 34 heavy (non-hydrogen) atoms. The van der Waals surface area contributed by atoms with Gasteiger partial charge >= 0.3 is 0 Å². The van der Waals surface area contributed by atoms with Crippen molar-refractivity contribution in [3.05, 3.63) is 23.5 Å². The Morgan fingerprint density at radius 1 is 0.824 bits per heavy atom. The van der Waals surface area contributed by atoms with Crippen LogP contribution in [0.1, 0.15) is 73.1 Å². The van der Waals surface area contributed by atoms with Gasteiger partial charge in [0.2, 0.25) is 11.8 Å². The van der Waals surface area contributed by atoms with Crippen LogP contribution in [0.4, 0.5) is 4.39 Å². The van der Waals surface area contributed by atoms with Crippen LogP contribution in [0.2, 0.25) is 0 Å². The van der Waals surface area contributed by atoms with Gasteiger partial charge in [0.1, 0.15) is 18.6 Å². The fraction of sp³-hybridized carbons (Fsp3) is 0.680. The second kappa shape index (κ2) is 10.9. The summed E-state index contributed by atoms with van der Waals surface area (Å²) in [6.07, 6.45) is 3.52. The SMILES string of the molecule is CC[C@H]1O[C@@H](N2C=C(C)C(=O)CC2=O)CC1C.CC[C@H]1O[C@@H](N2C=C(C)C(=O)CC2=O)CC1[18F]. The molecule has 4 aliphatic heterocycles. The number of hydrogen-bond acceptors (Lipinski definition) is 6. The van der Waals surface area contributed by atoms with Crippen molar-refractivity contribution < 1.29 is 33.0 Å². The monoisotopic (exact) mass is 477 g/mol. The summed E-state index contributed by atoms with van der Waals surface area (Å²) in [6, 6.07) is 0. The Morgan fingerprint density at radius 3 is 1.68 bits per heavy atom. The Morgan fingerprint density at radius 2 is 1.26 bits per heavy atom. The van der Waals surface area contributed by atoms with Crippen LogP contribution in [0.25, 0.3) is 0 Å². The smallest absolute Gasteiger partial charge is 0.236 e. The molecule has 4 aliphatic rings. The third-order valence-corrected chi connectivity index (χ3v) is 6.87. The Bertz CT molecular complexity index is 828. The maximum absolute atomic E-state index is 13.5. The van der Waals surface area contributed by atoms with Gasteiger partial charge < -0.3 is 9.47 Å². The molecule has 2 unspecified atom stereocenters. The Balaban J connectivity index is 0.000000191. The molecule has 4 heterocycles. The molecule has 2 saturated heterocycles. The van der Waals surface area contributed by atoms with E-state index in [1.807, 2.05) is 6.92 Å². The molecule has 0 aromatic rings. The van der Waals surface area contributed by atoms with Crippen LogP contribution >= 0.6 is 0 Å². The fourth-order valence-electron chi connectivity index (χ4n) is 4.69. The Hall–Kier alpha value is -2.39. The van der Waals surface area contributed by atoms with Gasteiger partial charge in [0.15, 0.2) is 11.6 Å². The van der Waals surface area contributed by atoms with Gasteiger partial charge in [-0.05, 0) is 39.0 Å². The predicted molar refractivity (Wildman–Crippen MR) is 122 cm³/mol. The van der Waals surface area contributed by atoms with Gasteiger partial charge in [-0.15, -0.1) is 0 Å². The van der Waals surface area contributed by atoms with E-state index in [1.165, 1.54) is 11.1 Å². The number of nitrogens with zero attached hydrogens (tertiary/aromatic N) is 2. The number of rotatable bonds is 4. The number of carbonyl (C=O) groups is 4. The van der Waals surface area contributed by atoms with Crippen molar-refractivity contribution in [3.63, 3.8) is 0 Å². The molecular weight excluding hydrogens is 442 g/mol. The summed E-state index contributed by atoms with van der Waals surface area (Å²) < 4.78 is 24.9. The van der Waals surface area contributed by atoms with Gasteiger partial charge in [-0.25, -0.2) is 4.39 Å². The number of halogens is 1. The normalized spacial score (nSPS) is 34.2. The molecule has 0 aromatic heterocycles. The van der Waals surface area contributed by atoms with Crippen molar-refractivity contribution in [1.29, 1.82) is 0 Å². The highest BCUT2D eigenvalue weighted by Gasteiger charge is 2.40. The molecule has 2 fully saturated rings. The van der Waals surface area contributed by atoms with E-state index in [-0.39, 0.29) is 55.0 Å². The highest BCUT2D eigenvalue weighted by Crippen LogP contribution is 2.32. The molecule has 4 rings (SSSR count). The van der Waals surface area contributed by atoms with Crippen LogP contribution in [0.3, 0.4) is 0 Å². The summed E-state index contributed by atoms with van der Waals surface area (Å²) in [7, 11) is 0. The van der Waals surface area contributed by atoms with E-state index < -0.39 is 18.5 Å². The lowest BCUT2D eigenvalue weighted by Gasteiger charge is -2.28. The van der Waals surface area contributed by atoms with Crippen molar-refractivity contribution in [2.24, 2.45) is 5.92 Å². The maximum Gasteiger partial charge on any atom is 0.236 e. The van der Waals surface area contributed by atoms with Crippen molar-refractivity contribution in [2.45, 2.75) is 104 Å². The zero-order valence-electron chi connectivity index (χ0n) is 20.6. The number of ether oxygens (including phenoxy) is 2. The third-order valence-electron chi connectivity index (χ3n) is 6.87. The molecule has 0 radical (unpaired) electrons. The van der Waals surface area contributed by atoms with Crippen LogP contribution in [0, 0.1) is 5.92 Å². The van der Waals surface area contributed by atoms with Crippen LogP contribution in [0.5, 0.6) is 0 Å². The molecule has 9 heteroatoms. The molecule has 0 bridgehead atoms. The summed E-state index contributed by atoms with van der Waals surface area (Å²) in [5, 5.41) is 0. The second-order valence-corrected chi connectivity index (χ2v) is 9.47. The highest BCUT2D eigenvalue weighted by atomic mass is 18.2. The first-order chi connectivity index (χ1) is 16.0. The zero-order valence-corrected chi connectivity index (χ0v) is 20.6. The van der Waals surface area contributed by atoms with Gasteiger partial charge in [-0.1, -0.05) is 20.8 Å². The molecule has 188 valence electrons. The summed E-state index contributed by atoms with van der Waals surface area (Å²) >= 11 is 0. The average molecular weight is 478 g/mol. The first kappa shape index (κ1) is 26.2. The van der Waals surface area contributed by atoms with Crippen molar-refractivity contribution in [3.8, 4) is 0 Å². The van der Waals surface area contributed by atoms with E-state index in [1.54, 1.807) is 24.9 Å². The third kappa shape index (κ3) is 5.63. The number of alkyl halides is 1. The van der Waals surface area contributed by atoms with E-state index in [4.69, 9.17) is 9.47 Å². The number of hydrogen-bond donors (Lipinski definition) is 0. The number of amides is 2. The van der Waals surface area contributed by atoms with Gasteiger partial charge in [0, 0.05) is 30.0 Å². The number of Topliss-reactive ketones (excluding diaryl/α,β-unsaturated/α-hetero) is 2. The van der Waals surface area contributed by atoms with Crippen molar-refractivity contribution >= 4 is 23.4 Å². The summed E-state index contributed by atoms with van der Waals surface area (Å²) in [4.78, 5) is 49.2. The van der Waals surface area contributed by atoms with E-state index >= 15 is 0 Å². The van der Waals surface area contributed by atoms with Gasteiger partial charge in [-0.3, -0.25) is 29.0 Å². The summed E-state index contributed by atoms with van der Waals surface area (Å²) in [5.74, 6) is -0.245. The second-order valence-electron chi connectivity index (χ2n) is 9.47. The molecule has 0 spiro atoms. The number of ketones is 2. The van der Waals surface area contributed by atoms with Crippen LogP contribution < -0.4 is 0 Å². The molecule has 0 saturated carbocycles. The van der Waals surface area contributed by atoms with Gasteiger partial charge in [0.25, 0.3) is 0 Å². The topological polar surface area (TPSA) is 93.2 Å². The van der Waals surface area contributed by atoms with Gasteiger partial charge in [0.05, 0.1) is 25.0 Å². The molecule has 0 aliphatic carbocycles. The van der Waals surface area contributed by atoms with E-state index in [0.29, 0.717) is 23.5 Å². The minimum atomic E-state index is -1.04. The summed E-state index contributed by atoms with van der Waals surface area (Å²) in [5.41, 5.74) is 1.16. The first-order valence-electron chi connectivity index (χ1n) is 12.1. The fourth-order valence-corrected chi connectivity index (χ4v) is 4.69. The largest absolute Gasteiger partial charge is 0.354 e. The highest BCUT2D eigenvalue weighted by molar-refractivity contribution is 6.09. The lowest BCUT2D eigenvalue weighted by molar-refractivity contribution is -0.145. The number of allylic oxidation sites excluding steroid dienone is 2. The number of carbonyl (C=O) groups excluding carboxylic acids is 4. The lowest BCUT2D eigenvalue weighted by Crippen LogP contribution is -2.40. The molecule has 6 atom stereocenters. The maximum atomic E-state index is 13.5. The predicted octanol–water partition coefficient (Wildman–Crippen LogP) is 3.41. The molecule has 0 aromatic carbocycles. The van der Waals surface area contributed by atoms with Crippen LogP contribution in [-0.4, -0.2) is 64.0 Å². The summed E-state index contributed by atoms with van der Waals surface area (Å²) in [6.45, 7) is 9.48. The van der Waals surface area contributed by atoms with Gasteiger partial charge in [-0.2, -0.15) is 0 Å². The van der Waals surface area contributed by atoms with Crippen molar-refractivity contribution in [2.75, 3.05) is 0 Å². The Kier molecular flexibility index (Phi) is 8.41. The molecule has 2 amide bonds. The van der Waals surface area contributed by atoms with E-state index in [2.05, 4.69) is 13.8 Å². The zero-order chi connectivity index (χ0) is 25.2. The van der Waals surface area contributed by atoms with E-state index in [0.717, 1.165) is 12.8 Å². The molecule has 0 N–H and O–H groups in total. The first-order valence-corrected chi connectivity index (χ1v) is 12.1. The Labute approximate surface area is 200 Å². The molecule has 8 nitrogen and oxygen atoms in total. The minimum Gasteiger partial charge on any atom is -0.354 e. The molecular formula is C25H35FN2O6. The quantitative estimate of drug-likeness (QED) is 0.576.